The van der Waals surface area contributed by atoms with Crippen LogP contribution >= 0.6 is 11.8 Å². The Labute approximate surface area is 160 Å². The minimum atomic E-state index is -0.299. The van der Waals surface area contributed by atoms with Gasteiger partial charge in [0.25, 0.3) is 0 Å². The molecule has 0 aliphatic carbocycles. The molecule has 2 aromatic rings. The second-order valence-electron chi connectivity index (χ2n) is 6.34. The molecule has 1 unspecified atom stereocenters. The number of aromatic nitrogens is 1. The maximum atomic E-state index is 12.8. The van der Waals surface area contributed by atoms with Crippen LogP contribution in [0, 0.1) is 25.2 Å². The summed E-state index contributed by atoms with van der Waals surface area (Å²) in [6, 6.07) is 11.8. The number of pyridine rings is 1. The van der Waals surface area contributed by atoms with Crippen molar-refractivity contribution in [3.63, 3.8) is 0 Å². The Hall–Kier alpha value is -2.32. The van der Waals surface area contributed by atoms with E-state index < -0.39 is 0 Å². The highest BCUT2D eigenvalue weighted by atomic mass is 32.2. The van der Waals surface area contributed by atoms with Crippen molar-refractivity contribution in [1.82, 2.24) is 4.98 Å². The van der Waals surface area contributed by atoms with Crippen molar-refractivity contribution in [2.24, 2.45) is 0 Å². The van der Waals surface area contributed by atoms with E-state index in [1.54, 1.807) is 6.07 Å². The fourth-order valence-electron chi connectivity index (χ4n) is 2.67. The first-order valence-corrected chi connectivity index (χ1v) is 9.81. The van der Waals surface area contributed by atoms with Gasteiger partial charge in [0.2, 0.25) is 5.91 Å². The van der Waals surface area contributed by atoms with Gasteiger partial charge in [-0.3, -0.25) is 4.79 Å². The van der Waals surface area contributed by atoms with Crippen molar-refractivity contribution in [3.8, 4) is 6.07 Å². The molecule has 1 amide bonds. The lowest BCUT2D eigenvalue weighted by molar-refractivity contribution is -0.115. The largest absolute Gasteiger partial charge is 0.325 e. The van der Waals surface area contributed by atoms with Crippen LogP contribution in [-0.4, -0.2) is 16.1 Å². The number of thioether (sulfide) groups is 1. The third kappa shape index (κ3) is 5.09. The van der Waals surface area contributed by atoms with Crippen LogP contribution in [0.1, 0.15) is 49.1 Å². The van der Waals surface area contributed by atoms with Crippen LogP contribution in [0.4, 0.5) is 5.69 Å². The van der Waals surface area contributed by atoms with Gasteiger partial charge in [-0.05, 0) is 50.5 Å². The van der Waals surface area contributed by atoms with Gasteiger partial charge in [0, 0.05) is 11.4 Å². The molecule has 1 N–H and O–H groups in total. The molecule has 1 heterocycles. The minimum Gasteiger partial charge on any atom is -0.325 e. The number of carbonyl (C=O) groups excluding carboxylic acids is 1. The van der Waals surface area contributed by atoms with Crippen molar-refractivity contribution in [3.05, 3.63) is 52.7 Å². The van der Waals surface area contributed by atoms with E-state index in [9.17, 15) is 10.1 Å². The zero-order valence-electron chi connectivity index (χ0n) is 15.8. The van der Waals surface area contributed by atoms with E-state index >= 15 is 0 Å². The van der Waals surface area contributed by atoms with Gasteiger partial charge in [-0.25, -0.2) is 4.98 Å². The fourth-order valence-corrected chi connectivity index (χ4v) is 3.69. The number of aryl methyl sites for hydroxylation is 3. The molecule has 5 heteroatoms. The van der Waals surface area contributed by atoms with Crippen molar-refractivity contribution in [2.75, 3.05) is 5.32 Å². The average Bonchev–Trinajstić information content (AvgIpc) is 2.62. The summed E-state index contributed by atoms with van der Waals surface area (Å²) in [5, 5.41) is 12.7. The molecule has 0 aliphatic rings. The van der Waals surface area contributed by atoms with Gasteiger partial charge < -0.3 is 5.32 Å². The maximum absolute atomic E-state index is 12.8. The SMILES string of the molecule is CCCc1ccc(C#N)c(SC(CC)C(=O)Nc2ccc(C)cc2C)n1. The van der Waals surface area contributed by atoms with E-state index in [1.165, 1.54) is 11.8 Å². The van der Waals surface area contributed by atoms with E-state index in [2.05, 4.69) is 23.3 Å². The molecule has 0 saturated carbocycles. The summed E-state index contributed by atoms with van der Waals surface area (Å²) in [5.41, 5.74) is 4.51. The lowest BCUT2D eigenvalue weighted by atomic mass is 10.1. The Balaban J connectivity index is 2.19. The number of amides is 1. The summed E-state index contributed by atoms with van der Waals surface area (Å²) in [7, 11) is 0. The number of nitrogens with one attached hydrogen (secondary N) is 1. The molecule has 26 heavy (non-hydrogen) atoms. The van der Waals surface area contributed by atoms with Crippen LogP contribution in [0.2, 0.25) is 0 Å². The van der Waals surface area contributed by atoms with E-state index in [0.717, 1.165) is 35.3 Å². The fraction of sp³-hybridized carbons (Fsp3) is 0.381. The zero-order chi connectivity index (χ0) is 19.1. The number of rotatable bonds is 7. The van der Waals surface area contributed by atoms with E-state index in [-0.39, 0.29) is 11.2 Å². The third-order valence-electron chi connectivity index (χ3n) is 4.10. The van der Waals surface area contributed by atoms with Gasteiger partial charge in [0.05, 0.1) is 10.8 Å². The summed E-state index contributed by atoms with van der Waals surface area (Å²) in [6.07, 6.45) is 2.52. The molecule has 0 fully saturated rings. The number of nitrogens with zero attached hydrogens (tertiary/aromatic N) is 2. The summed E-state index contributed by atoms with van der Waals surface area (Å²) in [5.74, 6) is -0.0592. The highest BCUT2D eigenvalue weighted by molar-refractivity contribution is 8.00. The van der Waals surface area contributed by atoms with E-state index in [0.29, 0.717) is 17.0 Å². The van der Waals surface area contributed by atoms with Crippen LogP contribution < -0.4 is 5.32 Å². The Kier molecular flexibility index (Phi) is 7.23. The number of hydrogen-bond donors (Lipinski definition) is 1. The first-order chi connectivity index (χ1) is 12.5. The number of nitriles is 1. The number of anilines is 1. The van der Waals surface area contributed by atoms with Gasteiger partial charge in [-0.1, -0.05) is 49.7 Å². The molecular weight excluding hydrogens is 342 g/mol. The van der Waals surface area contributed by atoms with Gasteiger partial charge in [0.15, 0.2) is 0 Å². The van der Waals surface area contributed by atoms with Crippen LogP contribution in [0.5, 0.6) is 0 Å². The average molecular weight is 368 g/mol. The highest BCUT2D eigenvalue weighted by Gasteiger charge is 2.21. The molecule has 0 aliphatic heterocycles. The molecule has 2 rings (SSSR count). The van der Waals surface area contributed by atoms with Crippen LogP contribution in [0.25, 0.3) is 0 Å². The van der Waals surface area contributed by atoms with E-state index in [4.69, 9.17) is 0 Å². The Bertz CT molecular complexity index is 826. The highest BCUT2D eigenvalue weighted by Crippen LogP contribution is 2.29. The molecule has 1 atom stereocenters. The van der Waals surface area contributed by atoms with Crippen LogP contribution in [0.15, 0.2) is 35.4 Å². The normalized spacial score (nSPS) is 11.7. The minimum absolute atomic E-state index is 0.0592. The van der Waals surface area contributed by atoms with Crippen molar-refractivity contribution in [1.29, 1.82) is 5.26 Å². The summed E-state index contributed by atoms with van der Waals surface area (Å²) in [6.45, 7) is 8.09. The topological polar surface area (TPSA) is 65.8 Å². The van der Waals surface area contributed by atoms with Gasteiger partial charge in [-0.15, -0.1) is 0 Å². The number of hydrogen-bond acceptors (Lipinski definition) is 4. The monoisotopic (exact) mass is 367 g/mol. The second kappa shape index (κ2) is 9.40. The predicted molar refractivity (Wildman–Crippen MR) is 107 cm³/mol. The first kappa shape index (κ1) is 20.0. The predicted octanol–water partition coefficient (Wildman–Crippen LogP) is 5.03. The van der Waals surface area contributed by atoms with Crippen LogP contribution in [0.3, 0.4) is 0 Å². The van der Waals surface area contributed by atoms with E-state index in [1.807, 2.05) is 45.0 Å². The van der Waals surface area contributed by atoms with Crippen molar-refractivity contribution >= 4 is 23.4 Å². The van der Waals surface area contributed by atoms with Gasteiger partial charge >= 0.3 is 0 Å². The molecule has 0 saturated heterocycles. The second-order valence-corrected chi connectivity index (χ2v) is 7.53. The molecular formula is C21H25N3OS. The molecule has 1 aromatic carbocycles. The summed E-state index contributed by atoms with van der Waals surface area (Å²) < 4.78 is 0. The standard InChI is InChI=1S/C21H25N3OS/c1-5-7-17-10-9-16(13-22)21(23-17)26-19(6-2)20(25)24-18-11-8-14(3)12-15(18)4/h8-12,19H,5-7H2,1-4H3,(H,24,25). The first-order valence-electron chi connectivity index (χ1n) is 8.93. The lowest BCUT2D eigenvalue weighted by Gasteiger charge is -2.16. The molecule has 136 valence electrons. The molecule has 0 spiro atoms. The Morgan fingerprint density at radius 1 is 1.27 bits per heavy atom. The molecule has 4 nitrogen and oxygen atoms in total. The smallest absolute Gasteiger partial charge is 0.237 e. The zero-order valence-corrected chi connectivity index (χ0v) is 16.6. The van der Waals surface area contributed by atoms with Crippen LogP contribution in [-0.2, 0) is 11.2 Å². The number of carbonyl (C=O) groups is 1. The van der Waals surface area contributed by atoms with Gasteiger partial charge in [-0.2, -0.15) is 5.26 Å². The molecule has 0 radical (unpaired) electrons. The van der Waals surface area contributed by atoms with Gasteiger partial charge in [0.1, 0.15) is 11.1 Å². The quantitative estimate of drug-likeness (QED) is 0.697. The lowest BCUT2D eigenvalue weighted by Crippen LogP contribution is -2.25. The Morgan fingerprint density at radius 3 is 2.65 bits per heavy atom. The third-order valence-corrected chi connectivity index (χ3v) is 5.47. The Morgan fingerprint density at radius 2 is 2.04 bits per heavy atom. The number of benzene rings is 1. The maximum Gasteiger partial charge on any atom is 0.237 e. The van der Waals surface area contributed by atoms with Crippen molar-refractivity contribution in [2.45, 2.75) is 57.2 Å². The van der Waals surface area contributed by atoms with Crippen molar-refractivity contribution < 1.29 is 4.79 Å². The summed E-state index contributed by atoms with van der Waals surface area (Å²) >= 11 is 1.37. The summed E-state index contributed by atoms with van der Waals surface area (Å²) in [4.78, 5) is 17.4. The molecule has 1 aromatic heterocycles. The molecule has 0 bridgehead atoms.